The maximum absolute atomic E-state index is 13.4. The first-order valence-corrected chi connectivity index (χ1v) is 11.4. The van der Waals surface area contributed by atoms with Gasteiger partial charge in [0.15, 0.2) is 0 Å². The summed E-state index contributed by atoms with van der Waals surface area (Å²) in [5.41, 5.74) is 4.29. The Morgan fingerprint density at radius 1 is 1.00 bits per heavy atom. The van der Waals surface area contributed by atoms with Crippen LogP contribution in [0, 0.1) is 12.7 Å². The van der Waals surface area contributed by atoms with Gasteiger partial charge in [0.1, 0.15) is 11.6 Å². The molecule has 0 bridgehead atoms. The first-order chi connectivity index (χ1) is 16.4. The Balaban J connectivity index is 1.48. The van der Waals surface area contributed by atoms with E-state index in [0.29, 0.717) is 24.2 Å². The molecule has 4 rings (SSSR count). The largest absolute Gasteiger partial charge is 0.356 e. The smallest absolute Gasteiger partial charge is 0.255 e. The normalized spacial score (nSPS) is 10.9. The molecule has 4 aromatic rings. The highest BCUT2D eigenvalue weighted by molar-refractivity contribution is 6.06. The number of hydrogen-bond acceptors (Lipinski definition) is 3. The van der Waals surface area contributed by atoms with Gasteiger partial charge in [-0.2, -0.15) is 0 Å². The Morgan fingerprint density at radius 2 is 1.74 bits per heavy atom. The van der Waals surface area contributed by atoms with Gasteiger partial charge in [0.25, 0.3) is 5.91 Å². The molecule has 174 valence electrons. The van der Waals surface area contributed by atoms with Gasteiger partial charge in [0.2, 0.25) is 5.91 Å². The van der Waals surface area contributed by atoms with Gasteiger partial charge in [-0.05, 0) is 73.5 Å². The minimum atomic E-state index is -0.311. The summed E-state index contributed by atoms with van der Waals surface area (Å²) in [7, 11) is 0. The maximum atomic E-state index is 13.4. The Kier molecular flexibility index (Phi) is 7.01. The molecule has 2 amide bonds. The second-order valence-corrected chi connectivity index (χ2v) is 8.21. The van der Waals surface area contributed by atoms with Crippen molar-refractivity contribution in [2.45, 2.75) is 33.1 Å². The van der Waals surface area contributed by atoms with Crippen LogP contribution < -0.4 is 10.6 Å². The van der Waals surface area contributed by atoms with Crippen LogP contribution >= 0.6 is 0 Å². The molecule has 34 heavy (non-hydrogen) atoms. The zero-order valence-electron chi connectivity index (χ0n) is 19.3. The molecule has 7 heteroatoms. The van der Waals surface area contributed by atoms with Gasteiger partial charge in [-0.1, -0.05) is 25.5 Å². The molecule has 0 saturated heterocycles. The van der Waals surface area contributed by atoms with Crippen LogP contribution in [0.25, 0.3) is 16.7 Å². The molecule has 1 heterocycles. The average molecular weight is 459 g/mol. The number of nitrogens with zero attached hydrogens (tertiary/aromatic N) is 2. The van der Waals surface area contributed by atoms with Crippen LogP contribution in [0.15, 0.2) is 66.7 Å². The van der Waals surface area contributed by atoms with Crippen molar-refractivity contribution in [3.8, 4) is 5.69 Å². The third-order valence-corrected chi connectivity index (χ3v) is 5.60. The summed E-state index contributed by atoms with van der Waals surface area (Å²) in [6.07, 6.45) is 2.31. The van der Waals surface area contributed by atoms with Crippen molar-refractivity contribution >= 4 is 28.5 Å². The quantitative estimate of drug-likeness (QED) is 0.357. The van der Waals surface area contributed by atoms with Crippen LogP contribution in [-0.2, 0) is 11.2 Å². The summed E-state index contributed by atoms with van der Waals surface area (Å²) >= 11 is 0. The Morgan fingerprint density at radius 3 is 2.44 bits per heavy atom. The maximum Gasteiger partial charge on any atom is 0.255 e. The second-order valence-electron chi connectivity index (χ2n) is 8.21. The van der Waals surface area contributed by atoms with Gasteiger partial charge in [-0.15, -0.1) is 0 Å². The molecule has 2 N–H and O–H groups in total. The summed E-state index contributed by atoms with van der Waals surface area (Å²) in [4.78, 5) is 29.5. The van der Waals surface area contributed by atoms with Crippen LogP contribution in [-0.4, -0.2) is 27.9 Å². The average Bonchev–Trinajstić information content (AvgIpc) is 3.16. The van der Waals surface area contributed by atoms with Gasteiger partial charge in [0, 0.05) is 23.5 Å². The fourth-order valence-electron chi connectivity index (χ4n) is 3.81. The molecule has 1 aromatic heterocycles. The zero-order valence-corrected chi connectivity index (χ0v) is 19.3. The molecule has 6 nitrogen and oxygen atoms in total. The molecule has 0 radical (unpaired) electrons. The van der Waals surface area contributed by atoms with E-state index in [-0.39, 0.29) is 17.6 Å². The predicted octanol–water partition coefficient (Wildman–Crippen LogP) is 5.18. The highest BCUT2D eigenvalue weighted by atomic mass is 19.1. The summed E-state index contributed by atoms with van der Waals surface area (Å²) in [6.45, 7) is 4.64. The third kappa shape index (κ3) is 5.31. The Bertz CT molecular complexity index is 1310. The lowest BCUT2D eigenvalue weighted by atomic mass is 10.1. The van der Waals surface area contributed by atoms with Crippen molar-refractivity contribution in [1.82, 2.24) is 14.9 Å². The van der Waals surface area contributed by atoms with Gasteiger partial charge < -0.3 is 10.6 Å². The van der Waals surface area contributed by atoms with E-state index in [4.69, 9.17) is 0 Å². The molecule has 0 aliphatic heterocycles. The summed E-state index contributed by atoms with van der Waals surface area (Å²) in [5.74, 6) is 0.172. The molecule has 0 aliphatic carbocycles. The van der Waals surface area contributed by atoms with E-state index in [1.54, 1.807) is 42.5 Å². The highest BCUT2D eigenvalue weighted by Crippen LogP contribution is 2.23. The number of fused-ring (bicyclic) bond motifs is 1. The number of hydrogen-bond donors (Lipinski definition) is 2. The van der Waals surface area contributed by atoms with E-state index >= 15 is 0 Å². The minimum absolute atomic E-state index is 0.00778. The third-order valence-electron chi connectivity index (χ3n) is 5.60. The summed E-state index contributed by atoms with van der Waals surface area (Å²) in [5, 5.41) is 5.80. The van der Waals surface area contributed by atoms with Crippen molar-refractivity contribution in [2.75, 3.05) is 11.9 Å². The zero-order chi connectivity index (χ0) is 24.1. The monoisotopic (exact) mass is 458 g/mol. The number of nitrogens with one attached hydrogen (secondary N) is 2. The number of unbranched alkanes of at least 4 members (excludes halogenated alkanes) is 1. The van der Waals surface area contributed by atoms with Gasteiger partial charge in [0.05, 0.1) is 17.5 Å². The number of benzene rings is 3. The van der Waals surface area contributed by atoms with Crippen molar-refractivity contribution < 1.29 is 14.0 Å². The molecule has 0 aliphatic rings. The van der Waals surface area contributed by atoms with Gasteiger partial charge >= 0.3 is 0 Å². The van der Waals surface area contributed by atoms with Crippen molar-refractivity contribution in [1.29, 1.82) is 0 Å². The SMILES string of the molecule is CCCCNC(=O)Cc1ccc(NC(=O)c2ccc3nc(C)n(-c4ccc(F)cc4)c3c2)cc1. The predicted molar refractivity (Wildman–Crippen MR) is 132 cm³/mol. The topological polar surface area (TPSA) is 76.0 Å². The second kappa shape index (κ2) is 10.3. The molecule has 0 atom stereocenters. The lowest BCUT2D eigenvalue weighted by Gasteiger charge is -2.09. The molecular weight excluding hydrogens is 431 g/mol. The van der Waals surface area contributed by atoms with Gasteiger partial charge in [-0.25, -0.2) is 9.37 Å². The molecular formula is C27H27FN4O2. The fraction of sp³-hybridized carbons (Fsp3) is 0.222. The van der Waals surface area contributed by atoms with E-state index in [0.717, 1.165) is 41.0 Å². The van der Waals surface area contributed by atoms with Crippen LogP contribution in [0.5, 0.6) is 0 Å². The summed E-state index contributed by atoms with van der Waals surface area (Å²) < 4.78 is 15.3. The van der Waals surface area contributed by atoms with E-state index in [1.807, 2.05) is 23.6 Å². The number of imidazole rings is 1. The standard InChI is InChI=1S/C27H27FN4O2/c1-3-4-15-29-26(33)16-19-5-10-22(11-6-19)31-27(34)20-7-14-24-25(17-20)32(18(2)30-24)23-12-8-21(28)9-13-23/h5-14,17H,3-4,15-16H2,1-2H3,(H,29,33)(H,31,34). The van der Waals surface area contributed by atoms with Crippen LogP contribution in [0.2, 0.25) is 0 Å². The van der Waals surface area contributed by atoms with E-state index in [1.165, 1.54) is 12.1 Å². The van der Waals surface area contributed by atoms with Gasteiger partial charge in [-0.3, -0.25) is 14.2 Å². The number of aromatic nitrogens is 2. The lowest BCUT2D eigenvalue weighted by molar-refractivity contribution is -0.120. The van der Waals surface area contributed by atoms with E-state index in [2.05, 4.69) is 22.5 Å². The van der Waals surface area contributed by atoms with E-state index in [9.17, 15) is 14.0 Å². The van der Waals surface area contributed by atoms with Crippen LogP contribution in [0.3, 0.4) is 0 Å². The van der Waals surface area contributed by atoms with Crippen LogP contribution in [0.4, 0.5) is 10.1 Å². The molecule has 0 spiro atoms. The lowest BCUT2D eigenvalue weighted by Crippen LogP contribution is -2.25. The highest BCUT2D eigenvalue weighted by Gasteiger charge is 2.14. The number of carbonyl (C=O) groups is 2. The Hall–Kier alpha value is -4.00. The molecule has 3 aromatic carbocycles. The fourth-order valence-corrected chi connectivity index (χ4v) is 3.81. The van der Waals surface area contributed by atoms with Crippen molar-refractivity contribution in [2.24, 2.45) is 0 Å². The molecule has 0 fully saturated rings. The number of anilines is 1. The number of rotatable bonds is 8. The number of carbonyl (C=O) groups excluding carboxylic acids is 2. The minimum Gasteiger partial charge on any atom is -0.356 e. The summed E-state index contributed by atoms with van der Waals surface area (Å²) in [6, 6.07) is 18.7. The number of halogens is 1. The first-order valence-electron chi connectivity index (χ1n) is 11.4. The van der Waals surface area contributed by atoms with Crippen molar-refractivity contribution in [3.05, 3.63) is 89.5 Å². The number of aryl methyl sites for hydroxylation is 1. The van der Waals surface area contributed by atoms with Crippen LogP contribution in [0.1, 0.15) is 41.5 Å². The Labute approximate surface area is 197 Å². The molecule has 0 saturated carbocycles. The number of amides is 2. The first kappa shape index (κ1) is 23.2. The molecule has 0 unspecified atom stereocenters. The van der Waals surface area contributed by atoms with E-state index < -0.39 is 0 Å². The van der Waals surface area contributed by atoms with Crippen molar-refractivity contribution in [3.63, 3.8) is 0 Å².